The Morgan fingerprint density at radius 2 is 2.07 bits per heavy atom. The van der Waals surface area contributed by atoms with E-state index in [9.17, 15) is 9.90 Å². The molecule has 1 aliphatic rings. The molecule has 0 aromatic rings. The molecule has 1 rings (SSSR count). The van der Waals surface area contributed by atoms with E-state index in [0.29, 0.717) is 18.8 Å². The van der Waals surface area contributed by atoms with Crippen LogP contribution in [-0.2, 0) is 4.79 Å². The van der Waals surface area contributed by atoms with Crippen molar-refractivity contribution in [2.24, 2.45) is 17.8 Å². The van der Waals surface area contributed by atoms with Gasteiger partial charge in [-0.05, 0) is 31.1 Å². The summed E-state index contributed by atoms with van der Waals surface area (Å²) in [7, 11) is 0. The molecular formula is C11H20O3. The first-order valence-electron chi connectivity index (χ1n) is 5.32. The minimum absolute atomic E-state index is 0.0113. The molecule has 0 saturated heterocycles. The van der Waals surface area contributed by atoms with Gasteiger partial charge in [-0.15, -0.1) is 0 Å². The van der Waals surface area contributed by atoms with Crippen LogP contribution in [0.25, 0.3) is 0 Å². The zero-order chi connectivity index (χ0) is 10.9. The van der Waals surface area contributed by atoms with Gasteiger partial charge in [-0.1, -0.05) is 20.8 Å². The van der Waals surface area contributed by atoms with Crippen LogP contribution in [0.2, 0.25) is 0 Å². The highest BCUT2D eigenvalue weighted by Gasteiger charge is 2.47. The Labute approximate surface area is 85.1 Å². The quantitative estimate of drug-likeness (QED) is 0.731. The lowest BCUT2D eigenvalue weighted by atomic mass is 9.78. The molecule has 3 heteroatoms. The van der Waals surface area contributed by atoms with Crippen molar-refractivity contribution in [2.75, 3.05) is 0 Å². The van der Waals surface area contributed by atoms with E-state index in [-0.39, 0.29) is 5.92 Å². The van der Waals surface area contributed by atoms with Gasteiger partial charge in [0.15, 0.2) is 0 Å². The summed E-state index contributed by atoms with van der Waals surface area (Å²) in [5.74, 6) is -1.05. The molecule has 0 radical (unpaired) electrons. The molecule has 1 saturated carbocycles. The Morgan fingerprint density at radius 1 is 1.50 bits per heavy atom. The van der Waals surface area contributed by atoms with E-state index in [1.54, 1.807) is 0 Å². The fourth-order valence-electron chi connectivity index (χ4n) is 2.72. The van der Waals surface area contributed by atoms with Gasteiger partial charge in [0, 0.05) is 0 Å². The van der Waals surface area contributed by atoms with Crippen LogP contribution < -0.4 is 0 Å². The molecule has 3 unspecified atom stereocenters. The average molecular weight is 200 g/mol. The lowest BCUT2D eigenvalue weighted by Gasteiger charge is -2.32. The van der Waals surface area contributed by atoms with Gasteiger partial charge in [0.25, 0.3) is 0 Å². The monoisotopic (exact) mass is 200 g/mol. The summed E-state index contributed by atoms with van der Waals surface area (Å²) in [6, 6.07) is 0. The smallest absolute Gasteiger partial charge is 0.309 e. The minimum Gasteiger partial charge on any atom is -0.481 e. The van der Waals surface area contributed by atoms with Crippen LogP contribution >= 0.6 is 0 Å². The van der Waals surface area contributed by atoms with E-state index in [1.165, 1.54) is 0 Å². The number of hydrogen-bond acceptors (Lipinski definition) is 2. The SMILES string of the molecule is CC1CCC(O)(C(C(=O)O)C(C)C)C1. The van der Waals surface area contributed by atoms with Gasteiger partial charge in [0.2, 0.25) is 0 Å². The molecule has 0 aliphatic heterocycles. The molecule has 3 atom stereocenters. The second-order valence-corrected chi connectivity index (χ2v) is 5.01. The first-order valence-corrected chi connectivity index (χ1v) is 5.32. The van der Waals surface area contributed by atoms with Crippen LogP contribution in [0.4, 0.5) is 0 Å². The van der Waals surface area contributed by atoms with Crippen molar-refractivity contribution in [3.63, 3.8) is 0 Å². The largest absolute Gasteiger partial charge is 0.481 e. The van der Waals surface area contributed by atoms with Crippen molar-refractivity contribution < 1.29 is 15.0 Å². The number of carboxylic acids is 1. The van der Waals surface area contributed by atoms with Gasteiger partial charge in [0.1, 0.15) is 0 Å². The molecule has 0 heterocycles. The number of hydrogen-bond donors (Lipinski definition) is 2. The third-order valence-electron chi connectivity index (χ3n) is 3.28. The van der Waals surface area contributed by atoms with Gasteiger partial charge in [-0.2, -0.15) is 0 Å². The molecule has 0 aromatic heterocycles. The maximum atomic E-state index is 11.1. The Morgan fingerprint density at radius 3 is 2.36 bits per heavy atom. The molecule has 0 amide bonds. The molecule has 14 heavy (non-hydrogen) atoms. The second-order valence-electron chi connectivity index (χ2n) is 5.01. The topological polar surface area (TPSA) is 57.5 Å². The van der Waals surface area contributed by atoms with Crippen LogP contribution in [-0.4, -0.2) is 21.8 Å². The van der Waals surface area contributed by atoms with Crippen LogP contribution in [0.3, 0.4) is 0 Å². The van der Waals surface area contributed by atoms with Gasteiger partial charge >= 0.3 is 5.97 Å². The van der Waals surface area contributed by atoms with Crippen molar-refractivity contribution in [3.05, 3.63) is 0 Å². The van der Waals surface area contributed by atoms with Crippen molar-refractivity contribution in [2.45, 2.75) is 45.6 Å². The highest BCUT2D eigenvalue weighted by Crippen LogP contribution is 2.42. The van der Waals surface area contributed by atoms with Crippen LogP contribution in [0.5, 0.6) is 0 Å². The number of carbonyl (C=O) groups is 1. The van der Waals surface area contributed by atoms with Gasteiger partial charge in [-0.3, -0.25) is 4.79 Å². The summed E-state index contributed by atoms with van der Waals surface area (Å²) in [6.45, 7) is 5.79. The first kappa shape index (κ1) is 11.5. The Kier molecular flexibility index (Phi) is 3.20. The highest BCUT2D eigenvalue weighted by atomic mass is 16.4. The van der Waals surface area contributed by atoms with Gasteiger partial charge < -0.3 is 10.2 Å². The Bertz CT molecular complexity index is 225. The Balaban J connectivity index is 2.82. The number of aliphatic hydroxyl groups is 1. The van der Waals surface area contributed by atoms with Crippen LogP contribution in [0.1, 0.15) is 40.0 Å². The maximum absolute atomic E-state index is 11.1. The van der Waals surface area contributed by atoms with Crippen LogP contribution in [0, 0.1) is 17.8 Å². The molecule has 2 N–H and O–H groups in total. The first-order chi connectivity index (χ1) is 6.37. The summed E-state index contributed by atoms with van der Waals surface area (Å²) in [5, 5.41) is 19.4. The van der Waals surface area contributed by atoms with Gasteiger partial charge in [-0.25, -0.2) is 0 Å². The van der Waals surface area contributed by atoms with Gasteiger partial charge in [0.05, 0.1) is 11.5 Å². The van der Waals surface area contributed by atoms with Crippen molar-refractivity contribution in [1.29, 1.82) is 0 Å². The molecule has 1 aliphatic carbocycles. The summed E-state index contributed by atoms with van der Waals surface area (Å²) < 4.78 is 0. The summed E-state index contributed by atoms with van der Waals surface area (Å²) in [4.78, 5) is 11.1. The fourth-order valence-corrected chi connectivity index (χ4v) is 2.72. The van der Waals surface area contributed by atoms with E-state index in [4.69, 9.17) is 5.11 Å². The Hall–Kier alpha value is -0.570. The molecule has 82 valence electrons. The van der Waals surface area contributed by atoms with E-state index < -0.39 is 17.5 Å². The third-order valence-corrected chi connectivity index (χ3v) is 3.28. The second kappa shape index (κ2) is 3.89. The van der Waals surface area contributed by atoms with Crippen molar-refractivity contribution in [3.8, 4) is 0 Å². The standard InChI is InChI=1S/C11H20O3/c1-7(2)9(10(12)13)11(14)5-4-8(3)6-11/h7-9,14H,4-6H2,1-3H3,(H,12,13). The van der Waals surface area contributed by atoms with E-state index in [0.717, 1.165) is 6.42 Å². The normalized spacial score (nSPS) is 34.8. The van der Waals surface area contributed by atoms with E-state index >= 15 is 0 Å². The predicted molar refractivity (Wildman–Crippen MR) is 53.9 cm³/mol. The maximum Gasteiger partial charge on any atom is 0.309 e. The molecule has 3 nitrogen and oxygen atoms in total. The highest BCUT2D eigenvalue weighted by molar-refractivity contribution is 5.72. The lowest BCUT2D eigenvalue weighted by molar-refractivity contribution is -0.155. The number of carboxylic acid groups (broad SMARTS) is 1. The van der Waals surface area contributed by atoms with Crippen LogP contribution in [0.15, 0.2) is 0 Å². The molecular weight excluding hydrogens is 180 g/mol. The van der Waals surface area contributed by atoms with Crippen molar-refractivity contribution in [1.82, 2.24) is 0 Å². The molecule has 0 bridgehead atoms. The third kappa shape index (κ3) is 2.08. The fraction of sp³-hybridized carbons (Fsp3) is 0.909. The summed E-state index contributed by atoms with van der Waals surface area (Å²) in [5.41, 5.74) is -0.973. The average Bonchev–Trinajstić information content (AvgIpc) is 2.28. The zero-order valence-electron chi connectivity index (χ0n) is 9.16. The molecule has 1 fully saturated rings. The summed E-state index contributed by atoms with van der Waals surface area (Å²) in [6.07, 6.45) is 2.19. The van der Waals surface area contributed by atoms with E-state index in [2.05, 4.69) is 6.92 Å². The lowest BCUT2D eigenvalue weighted by Crippen LogP contribution is -2.43. The number of aliphatic carboxylic acids is 1. The number of rotatable bonds is 3. The minimum atomic E-state index is -0.973. The zero-order valence-corrected chi connectivity index (χ0v) is 9.16. The van der Waals surface area contributed by atoms with E-state index in [1.807, 2.05) is 13.8 Å². The molecule has 0 aromatic carbocycles. The molecule has 0 spiro atoms. The van der Waals surface area contributed by atoms with Crippen molar-refractivity contribution >= 4 is 5.97 Å². The predicted octanol–water partition coefficient (Wildman–Crippen LogP) is 1.89. The summed E-state index contributed by atoms with van der Waals surface area (Å²) >= 11 is 0.